The van der Waals surface area contributed by atoms with Gasteiger partial charge in [-0.2, -0.15) is 0 Å². The van der Waals surface area contributed by atoms with Gasteiger partial charge in [-0.05, 0) is 12.1 Å². The molecule has 2 aromatic rings. The fourth-order valence-corrected chi connectivity index (χ4v) is 1.21. The zero-order valence-corrected chi connectivity index (χ0v) is 7.34. The van der Waals surface area contributed by atoms with Crippen molar-refractivity contribution in [2.24, 2.45) is 0 Å². The van der Waals surface area contributed by atoms with E-state index in [4.69, 9.17) is 7.74 Å². The third-order valence-corrected chi connectivity index (χ3v) is 1.87. The number of carbonyl (C=O) groups excluding carboxylic acids is 1. The van der Waals surface area contributed by atoms with Crippen LogP contribution in [-0.2, 0) is 0 Å². The highest BCUT2D eigenvalue weighted by Gasteiger charge is 2.04. The van der Waals surface area contributed by atoms with Crippen LogP contribution < -0.4 is 5.23 Å². The van der Waals surface area contributed by atoms with Crippen LogP contribution >= 0.6 is 0 Å². The van der Waals surface area contributed by atoms with Gasteiger partial charge in [0, 0.05) is 31.9 Å². The molecule has 0 unspecified atom stereocenters. The van der Waals surface area contributed by atoms with Crippen molar-refractivity contribution in [2.75, 3.05) is 0 Å². The van der Waals surface area contributed by atoms with Crippen molar-refractivity contribution in [3.63, 3.8) is 0 Å². The minimum atomic E-state index is -0.238. The number of rotatable bonds is 2. The molecule has 0 spiro atoms. The van der Waals surface area contributed by atoms with Gasteiger partial charge in [0.25, 0.3) is 0 Å². The Morgan fingerprint density at radius 1 is 1.57 bits per heavy atom. The average molecular weight is 182 g/mol. The SMILES string of the molecule is [B][B]NC(=O)c1ccn2ccnc2c1. The van der Waals surface area contributed by atoms with Crippen molar-refractivity contribution in [3.8, 4) is 0 Å². The largest absolute Gasteiger partial charge is 0.409 e. The number of hydrogen-bond acceptors (Lipinski definition) is 2. The molecular weight excluding hydrogens is 176 g/mol. The molecule has 0 bridgehead atoms. The van der Waals surface area contributed by atoms with E-state index in [0.29, 0.717) is 5.56 Å². The van der Waals surface area contributed by atoms with Gasteiger partial charge in [-0.3, -0.25) is 4.79 Å². The van der Waals surface area contributed by atoms with E-state index in [1.807, 2.05) is 10.6 Å². The Morgan fingerprint density at radius 2 is 2.43 bits per heavy atom. The molecule has 2 rings (SSSR count). The summed E-state index contributed by atoms with van der Waals surface area (Å²) in [7, 11) is 6.19. The second kappa shape index (κ2) is 3.57. The van der Waals surface area contributed by atoms with Crippen LogP contribution in [-0.4, -0.2) is 30.3 Å². The topological polar surface area (TPSA) is 46.4 Å². The molecule has 6 heteroatoms. The van der Waals surface area contributed by atoms with Crippen LogP contribution in [0.1, 0.15) is 10.4 Å². The number of pyridine rings is 1. The van der Waals surface area contributed by atoms with Gasteiger partial charge in [-0.15, -0.1) is 0 Å². The first-order chi connectivity index (χ1) is 6.81. The Labute approximate surface area is 83.0 Å². The van der Waals surface area contributed by atoms with Crippen LogP contribution in [0.4, 0.5) is 0 Å². The normalized spacial score (nSPS) is 10.0. The first-order valence-electron chi connectivity index (χ1n) is 4.08. The first kappa shape index (κ1) is 8.87. The van der Waals surface area contributed by atoms with E-state index in [2.05, 4.69) is 10.2 Å². The van der Waals surface area contributed by atoms with Crippen LogP contribution in [0.2, 0.25) is 0 Å². The highest BCUT2D eigenvalue weighted by molar-refractivity contribution is 6.89. The van der Waals surface area contributed by atoms with Crippen LogP contribution in [0.5, 0.6) is 0 Å². The van der Waals surface area contributed by atoms with E-state index in [1.54, 1.807) is 24.5 Å². The molecule has 4 nitrogen and oxygen atoms in total. The molecule has 0 aliphatic carbocycles. The Morgan fingerprint density at radius 3 is 3.21 bits per heavy atom. The molecule has 0 aliphatic rings. The van der Waals surface area contributed by atoms with Gasteiger partial charge < -0.3 is 9.63 Å². The van der Waals surface area contributed by atoms with Crippen molar-refractivity contribution < 1.29 is 4.79 Å². The maximum absolute atomic E-state index is 11.4. The average Bonchev–Trinajstić information content (AvgIpc) is 2.64. The summed E-state index contributed by atoms with van der Waals surface area (Å²) in [5.41, 5.74) is 1.26. The number of amides is 1. The third-order valence-electron chi connectivity index (χ3n) is 1.87. The summed E-state index contributed by atoms with van der Waals surface area (Å²) in [5.74, 6) is -0.238. The summed E-state index contributed by atoms with van der Waals surface area (Å²) >= 11 is 0. The van der Waals surface area contributed by atoms with Gasteiger partial charge in [-0.25, -0.2) is 4.98 Å². The lowest BCUT2D eigenvalue weighted by molar-refractivity contribution is 0.0981. The number of hydrogen-bond donors (Lipinski definition) is 1. The summed E-state index contributed by atoms with van der Waals surface area (Å²) in [5, 5.41) is 2.40. The number of aromatic nitrogens is 2. The van der Waals surface area contributed by atoms with Crippen LogP contribution in [0.3, 0.4) is 0 Å². The fraction of sp³-hybridized carbons (Fsp3) is 0. The summed E-state index contributed by atoms with van der Waals surface area (Å²) < 4.78 is 1.82. The predicted octanol–water partition coefficient (Wildman–Crippen LogP) is -0.233. The molecule has 0 fully saturated rings. The van der Waals surface area contributed by atoms with Gasteiger partial charge in [0.2, 0.25) is 5.91 Å². The van der Waals surface area contributed by atoms with Gasteiger partial charge in [-0.1, -0.05) is 0 Å². The highest BCUT2D eigenvalue weighted by Crippen LogP contribution is 2.04. The Balaban J connectivity index is 2.38. The molecule has 1 N–H and O–H groups in total. The van der Waals surface area contributed by atoms with Crippen molar-refractivity contribution in [1.29, 1.82) is 0 Å². The smallest absolute Gasteiger partial charge is 0.238 e. The monoisotopic (exact) mass is 182 g/mol. The van der Waals surface area contributed by atoms with Crippen molar-refractivity contribution >= 4 is 26.6 Å². The first-order valence-corrected chi connectivity index (χ1v) is 4.08. The van der Waals surface area contributed by atoms with Crippen molar-refractivity contribution in [2.45, 2.75) is 0 Å². The minimum Gasteiger partial charge on any atom is -0.409 e. The zero-order chi connectivity index (χ0) is 9.97. The molecule has 2 heterocycles. The van der Waals surface area contributed by atoms with Gasteiger partial charge in [0.15, 0.2) is 7.31 Å². The molecule has 0 atom stereocenters. The highest BCUT2D eigenvalue weighted by atomic mass is 16.1. The molecule has 65 valence electrons. The number of nitrogens with zero attached hydrogens (tertiary/aromatic N) is 2. The fourth-order valence-electron chi connectivity index (χ4n) is 1.21. The van der Waals surface area contributed by atoms with E-state index >= 15 is 0 Å². The number of fused-ring (bicyclic) bond motifs is 1. The molecule has 2 aromatic heterocycles. The number of nitrogens with one attached hydrogen (secondary N) is 1. The number of carbonyl (C=O) groups is 1. The van der Waals surface area contributed by atoms with E-state index in [1.165, 1.54) is 0 Å². The summed E-state index contributed by atoms with van der Waals surface area (Å²) in [4.78, 5) is 15.4. The van der Waals surface area contributed by atoms with Crippen LogP contribution in [0.25, 0.3) is 5.65 Å². The lowest BCUT2D eigenvalue weighted by Gasteiger charge is -2.01. The van der Waals surface area contributed by atoms with Gasteiger partial charge in [0.05, 0.1) is 0 Å². The minimum absolute atomic E-state index is 0.238. The molecule has 0 saturated heterocycles. The van der Waals surface area contributed by atoms with Gasteiger partial charge in [0.1, 0.15) is 5.65 Å². The Bertz CT molecular complexity index is 468. The van der Waals surface area contributed by atoms with E-state index in [9.17, 15) is 4.79 Å². The molecule has 0 saturated carbocycles. The lowest BCUT2D eigenvalue weighted by atomic mass is 9.67. The molecule has 3 radical (unpaired) electrons. The third kappa shape index (κ3) is 1.51. The number of imidazole rings is 1. The Kier molecular flexibility index (Phi) is 2.26. The molecule has 0 aromatic carbocycles. The van der Waals surface area contributed by atoms with Crippen molar-refractivity contribution in [1.82, 2.24) is 14.6 Å². The molecular formula is C8H6B2N3O. The van der Waals surface area contributed by atoms with Crippen LogP contribution in [0, 0.1) is 0 Å². The van der Waals surface area contributed by atoms with Gasteiger partial charge >= 0.3 is 0 Å². The van der Waals surface area contributed by atoms with E-state index < -0.39 is 0 Å². The Hall–Kier alpha value is -1.71. The molecule has 1 amide bonds. The van der Waals surface area contributed by atoms with E-state index in [0.717, 1.165) is 13.0 Å². The predicted molar refractivity (Wildman–Crippen MR) is 54.2 cm³/mol. The molecule has 14 heavy (non-hydrogen) atoms. The van der Waals surface area contributed by atoms with Crippen molar-refractivity contribution in [3.05, 3.63) is 36.3 Å². The summed E-state index contributed by atoms with van der Waals surface area (Å²) in [6, 6.07) is 3.40. The summed E-state index contributed by atoms with van der Waals surface area (Å²) in [6.45, 7) is 0. The molecule has 0 aliphatic heterocycles. The maximum atomic E-state index is 11.4. The standard InChI is InChI=1S/C8H6B2N3O/c9-10-12-8(14)6-1-3-13-4-2-11-7(13)5-6/h1-5H,(H,12,14). The summed E-state index contributed by atoms with van der Waals surface area (Å²) in [6.07, 6.45) is 5.26. The quantitative estimate of drug-likeness (QED) is 0.651. The van der Waals surface area contributed by atoms with Crippen LogP contribution in [0.15, 0.2) is 30.7 Å². The second-order valence-corrected chi connectivity index (χ2v) is 2.75. The second-order valence-electron chi connectivity index (χ2n) is 2.75. The maximum Gasteiger partial charge on any atom is 0.238 e. The lowest BCUT2D eigenvalue weighted by Crippen LogP contribution is -2.27. The zero-order valence-electron chi connectivity index (χ0n) is 7.34. The van der Waals surface area contributed by atoms with E-state index in [-0.39, 0.29) is 5.91 Å².